The van der Waals surface area contributed by atoms with E-state index < -0.39 is 0 Å². The molecule has 2 aromatic carbocycles. The average Bonchev–Trinajstić information content (AvgIpc) is 3.09. The number of methoxy groups -OCH3 is 1. The number of ether oxygens (including phenoxy) is 2. The molecular weight excluding hydrogens is 356 g/mol. The zero-order valence-electron chi connectivity index (χ0n) is 16.1. The SMILES string of the molecule is COc1cccc(CNc2nc3ccccc3n2CCN2CCOCC2)c1O. The molecule has 0 radical (unpaired) electrons. The summed E-state index contributed by atoms with van der Waals surface area (Å²) in [5.74, 6) is 1.44. The maximum Gasteiger partial charge on any atom is 0.204 e. The van der Waals surface area contributed by atoms with E-state index in [0.717, 1.165) is 61.9 Å². The molecule has 0 atom stereocenters. The number of nitrogens with one attached hydrogen (secondary N) is 1. The minimum Gasteiger partial charge on any atom is -0.504 e. The Morgan fingerprint density at radius 2 is 1.93 bits per heavy atom. The summed E-state index contributed by atoms with van der Waals surface area (Å²) in [5, 5.41) is 13.7. The largest absolute Gasteiger partial charge is 0.504 e. The molecule has 0 amide bonds. The van der Waals surface area contributed by atoms with Crippen molar-refractivity contribution in [3.8, 4) is 11.5 Å². The summed E-state index contributed by atoms with van der Waals surface area (Å²) in [4.78, 5) is 7.17. The van der Waals surface area contributed by atoms with Crippen LogP contribution in [0.15, 0.2) is 42.5 Å². The quantitative estimate of drug-likeness (QED) is 0.655. The topological polar surface area (TPSA) is 71.8 Å². The van der Waals surface area contributed by atoms with Crippen molar-refractivity contribution in [3.63, 3.8) is 0 Å². The van der Waals surface area contributed by atoms with Gasteiger partial charge in [-0.2, -0.15) is 0 Å². The third-order valence-corrected chi connectivity index (χ3v) is 5.14. The first-order valence-corrected chi connectivity index (χ1v) is 9.60. The number of imidazole rings is 1. The maximum absolute atomic E-state index is 10.3. The first kappa shape index (κ1) is 18.6. The van der Waals surface area contributed by atoms with E-state index in [0.29, 0.717) is 12.3 Å². The molecule has 0 unspecified atom stereocenters. The van der Waals surface area contributed by atoms with Gasteiger partial charge in [0.05, 0.1) is 31.4 Å². The molecule has 0 aliphatic carbocycles. The van der Waals surface area contributed by atoms with Crippen molar-refractivity contribution in [1.29, 1.82) is 0 Å². The predicted octanol–water partition coefficient (Wildman–Crippen LogP) is 2.69. The van der Waals surface area contributed by atoms with Gasteiger partial charge in [-0.25, -0.2) is 4.98 Å². The molecular formula is C21H26N4O3. The molecule has 4 rings (SSSR count). The second-order valence-electron chi connectivity index (χ2n) is 6.85. The zero-order chi connectivity index (χ0) is 19.3. The highest BCUT2D eigenvalue weighted by atomic mass is 16.5. The van der Waals surface area contributed by atoms with Crippen molar-refractivity contribution < 1.29 is 14.6 Å². The van der Waals surface area contributed by atoms with Crippen LogP contribution >= 0.6 is 0 Å². The van der Waals surface area contributed by atoms with Gasteiger partial charge in [-0.3, -0.25) is 4.90 Å². The maximum atomic E-state index is 10.3. The van der Waals surface area contributed by atoms with Gasteiger partial charge in [0.1, 0.15) is 0 Å². The Morgan fingerprint density at radius 3 is 2.75 bits per heavy atom. The average molecular weight is 382 g/mol. The van der Waals surface area contributed by atoms with Crippen molar-refractivity contribution in [2.75, 3.05) is 45.3 Å². The molecule has 1 aromatic heterocycles. The lowest BCUT2D eigenvalue weighted by Gasteiger charge is -2.27. The molecule has 1 fully saturated rings. The molecule has 1 aliphatic rings. The van der Waals surface area contributed by atoms with Crippen LogP contribution in [0.2, 0.25) is 0 Å². The molecule has 7 nitrogen and oxygen atoms in total. The summed E-state index contributed by atoms with van der Waals surface area (Å²) in [6.07, 6.45) is 0. The van der Waals surface area contributed by atoms with Crippen LogP contribution in [0, 0.1) is 0 Å². The van der Waals surface area contributed by atoms with E-state index in [1.807, 2.05) is 30.3 Å². The van der Waals surface area contributed by atoms with Gasteiger partial charge in [0.15, 0.2) is 11.5 Å². The number of hydrogen-bond acceptors (Lipinski definition) is 6. The third kappa shape index (κ3) is 3.90. The van der Waals surface area contributed by atoms with Crippen molar-refractivity contribution in [3.05, 3.63) is 48.0 Å². The number of para-hydroxylation sites is 3. The summed E-state index contributed by atoms with van der Waals surface area (Å²) in [7, 11) is 1.55. The van der Waals surface area contributed by atoms with E-state index in [4.69, 9.17) is 14.5 Å². The molecule has 2 N–H and O–H groups in total. The minimum atomic E-state index is 0.161. The van der Waals surface area contributed by atoms with Gasteiger partial charge in [0.2, 0.25) is 5.95 Å². The molecule has 3 aromatic rings. The first-order valence-electron chi connectivity index (χ1n) is 9.60. The number of phenolic OH excluding ortho intramolecular Hbond substituents is 1. The molecule has 0 bridgehead atoms. The summed E-state index contributed by atoms with van der Waals surface area (Å²) in [6.45, 7) is 5.77. The Bertz CT molecular complexity index is 935. The van der Waals surface area contributed by atoms with Crippen LogP contribution in [-0.2, 0) is 17.8 Å². The van der Waals surface area contributed by atoms with Crippen molar-refractivity contribution >= 4 is 17.0 Å². The second kappa shape index (κ2) is 8.50. The Kier molecular flexibility index (Phi) is 5.64. The van der Waals surface area contributed by atoms with Crippen LogP contribution in [0.5, 0.6) is 11.5 Å². The molecule has 2 heterocycles. The fourth-order valence-corrected chi connectivity index (χ4v) is 3.55. The standard InChI is InChI=1S/C21H26N4O3/c1-27-19-8-4-5-16(20(19)26)15-22-21-23-17-6-2-3-7-18(17)25(21)10-9-24-11-13-28-14-12-24/h2-8,26H,9-15H2,1H3,(H,22,23). The van der Waals surface area contributed by atoms with E-state index in [-0.39, 0.29) is 5.75 Å². The number of morpholine rings is 1. The summed E-state index contributed by atoms with van der Waals surface area (Å²) >= 11 is 0. The number of rotatable bonds is 7. The highest BCUT2D eigenvalue weighted by molar-refractivity contribution is 5.78. The van der Waals surface area contributed by atoms with E-state index in [1.54, 1.807) is 13.2 Å². The fourth-order valence-electron chi connectivity index (χ4n) is 3.55. The van der Waals surface area contributed by atoms with Crippen LogP contribution < -0.4 is 10.1 Å². The van der Waals surface area contributed by atoms with Crippen molar-refractivity contribution in [1.82, 2.24) is 14.5 Å². The number of aromatic hydroxyl groups is 1. The molecule has 0 spiro atoms. The Labute approximate surface area is 164 Å². The summed E-state index contributed by atoms with van der Waals surface area (Å²) in [6, 6.07) is 13.6. The number of phenols is 1. The van der Waals surface area contributed by atoms with Gasteiger partial charge in [-0.15, -0.1) is 0 Å². The van der Waals surface area contributed by atoms with Crippen LogP contribution in [0.3, 0.4) is 0 Å². The minimum absolute atomic E-state index is 0.161. The van der Waals surface area contributed by atoms with E-state index in [2.05, 4.69) is 20.9 Å². The van der Waals surface area contributed by atoms with E-state index in [1.165, 1.54) is 0 Å². The first-order chi connectivity index (χ1) is 13.8. The summed E-state index contributed by atoms with van der Waals surface area (Å²) in [5.41, 5.74) is 2.83. The van der Waals surface area contributed by atoms with Crippen molar-refractivity contribution in [2.24, 2.45) is 0 Å². The number of fused-ring (bicyclic) bond motifs is 1. The molecule has 148 valence electrons. The number of hydrogen-bond donors (Lipinski definition) is 2. The number of nitrogens with zero attached hydrogens (tertiary/aromatic N) is 3. The number of benzene rings is 2. The van der Waals surface area contributed by atoms with Gasteiger partial charge in [-0.05, 0) is 18.2 Å². The smallest absolute Gasteiger partial charge is 0.204 e. The molecule has 1 saturated heterocycles. The highest BCUT2D eigenvalue weighted by Crippen LogP contribution is 2.30. The second-order valence-corrected chi connectivity index (χ2v) is 6.85. The Balaban J connectivity index is 1.54. The van der Waals surface area contributed by atoms with Gasteiger partial charge < -0.3 is 24.5 Å². The van der Waals surface area contributed by atoms with Gasteiger partial charge in [0.25, 0.3) is 0 Å². The normalized spacial score (nSPS) is 15.0. The van der Waals surface area contributed by atoms with Gasteiger partial charge >= 0.3 is 0 Å². The van der Waals surface area contributed by atoms with Crippen LogP contribution in [0.25, 0.3) is 11.0 Å². The molecule has 0 saturated carbocycles. The molecule has 1 aliphatic heterocycles. The number of anilines is 1. The van der Waals surface area contributed by atoms with Gasteiger partial charge in [0, 0.05) is 38.3 Å². The summed E-state index contributed by atoms with van der Waals surface area (Å²) < 4.78 is 12.9. The number of aromatic nitrogens is 2. The lowest BCUT2D eigenvalue weighted by molar-refractivity contribution is 0.0366. The van der Waals surface area contributed by atoms with Crippen LogP contribution in [0.4, 0.5) is 5.95 Å². The van der Waals surface area contributed by atoms with Crippen LogP contribution in [-0.4, -0.2) is 59.5 Å². The van der Waals surface area contributed by atoms with Crippen molar-refractivity contribution in [2.45, 2.75) is 13.1 Å². The van der Waals surface area contributed by atoms with E-state index >= 15 is 0 Å². The van der Waals surface area contributed by atoms with Crippen LogP contribution in [0.1, 0.15) is 5.56 Å². The molecule has 7 heteroatoms. The highest BCUT2D eigenvalue weighted by Gasteiger charge is 2.15. The van der Waals surface area contributed by atoms with Gasteiger partial charge in [-0.1, -0.05) is 24.3 Å². The fraction of sp³-hybridized carbons (Fsp3) is 0.381. The van der Waals surface area contributed by atoms with E-state index in [9.17, 15) is 5.11 Å². The molecule has 28 heavy (non-hydrogen) atoms. The zero-order valence-corrected chi connectivity index (χ0v) is 16.1. The monoisotopic (exact) mass is 382 g/mol. The lowest BCUT2D eigenvalue weighted by Crippen LogP contribution is -2.38. The predicted molar refractivity (Wildman–Crippen MR) is 109 cm³/mol. The Morgan fingerprint density at radius 1 is 1.11 bits per heavy atom. The Hall–Kier alpha value is -2.77. The third-order valence-electron chi connectivity index (χ3n) is 5.14. The lowest BCUT2D eigenvalue weighted by atomic mass is 10.2.